The highest BCUT2D eigenvalue weighted by molar-refractivity contribution is 7.99. The van der Waals surface area contributed by atoms with E-state index in [-0.39, 0.29) is 23.5 Å². The molecule has 1 unspecified atom stereocenters. The van der Waals surface area contributed by atoms with Gasteiger partial charge in [0, 0.05) is 37.1 Å². The van der Waals surface area contributed by atoms with Crippen molar-refractivity contribution in [2.75, 3.05) is 18.1 Å². The molecule has 0 spiro atoms. The quantitative estimate of drug-likeness (QED) is 0.759. The fraction of sp³-hybridized carbons (Fsp3) is 0.533. The van der Waals surface area contributed by atoms with E-state index in [1.54, 1.807) is 11.6 Å². The zero-order valence-electron chi connectivity index (χ0n) is 14.3. The number of amides is 1. The van der Waals surface area contributed by atoms with E-state index in [0.29, 0.717) is 24.4 Å². The Kier molecular flexibility index (Phi) is 4.53. The van der Waals surface area contributed by atoms with Crippen molar-refractivity contribution in [3.63, 3.8) is 0 Å². The number of nitrogens with zero attached hydrogens (tertiary/aromatic N) is 4. The molecule has 0 aromatic carbocycles. The van der Waals surface area contributed by atoms with Gasteiger partial charge in [-0.3, -0.25) is 9.89 Å². The van der Waals surface area contributed by atoms with E-state index in [2.05, 4.69) is 20.5 Å². The topological polar surface area (TPSA) is 113 Å². The Morgan fingerprint density at radius 1 is 1.46 bits per heavy atom. The van der Waals surface area contributed by atoms with E-state index >= 15 is 0 Å². The molecule has 0 aliphatic carbocycles. The number of H-pyrrole nitrogens is 1. The van der Waals surface area contributed by atoms with E-state index in [0.717, 1.165) is 23.5 Å². The maximum Gasteiger partial charge on any atom is 0.272 e. The Hall–Kier alpha value is -1.85. The van der Waals surface area contributed by atoms with Crippen LogP contribution in [0.1, 0.15) is 28.2 Å². The lowest BCUT2D eigenvalue weighted by atomic mass is 10.1. The zero-order chi connectivity index (χ0) is 18.3. The molecule has 0 bridgehead atoms. The number of hydrogen-bond acceptors (Lipinski definition) is 6. The number of thioether (sulfide) groups is 1. The van der Waals surface area contributed by atoms with Crippen LogP contribution in [0, 0.1) is 0 Å². The number of aryl methyl sites for hydroxylation is 1. The first-order valence-electron chi connectivity index (χ1n) is 8.38. The van der Waals surface area contributed by atoms with Crippen LogP contribution in [0.15, 0.2) is 17.6 Å². The third-order valence-electron chi connectivity index (χ3n) is 4.66. The summed E-state index contributed by atoms with van der Waals surface area (Å²) in [5, 5.41) is 10.0. The number of hydrogen-bond donors (Lipinski definition) is 2. The van der Waals surface area contributed by atoms with Crippen LogP contribution in [-0.4, -0.2) is 62.5 Å². The van der Waals surface area contributed by atoms with Gasteiger partial charge in [0.05, 0.1) is 18.6 Å². The third-order valence-corrected chi connectivity index (χ3v) is 7.56. The lowest BCUT2D eigenvalue weighted by molar-refractivity contribution is 0.0935. The highest BCUT2D eigenvalue weighted by Crippen LogP contribution is 2.25. The first kappa shape index (κ1) is 17.6. The summed E-state index contributed by atoms with van der Waals surface area (Å²) in [6.07, 6.45) is 4.36. The average molecular weight is 396 g/mol. The van der Waals surface area contributed by atoms with Crippen molar-refractivity contribution in [3.05, 3.63) is 29.5 Å². The Morgan fingerprint density at radius 3 is 3.00 bits per heavy atom. The second-order valence-corrected chi connectivity index (χ2v) is 9.56. The molecule has 0 saturated carbocycles. The lowest BCUT2D eigenvalue weighted by Gasteiger charge is -2.25. The minimum absolute atomic E-state index is 0.0275. The highest BCUT2D eigenvalue weighted by Gasteiger charge is 2.33. The minimum Gasteiger partial charge on any atom is -0.347 e. The Labute approximate surface area is 155 Å². The number of fused-ring (bicyclic) bond motifs is 1. The van der Waals surface area contributed by atoms with Crippen molar-refractivity contribution in [2.45, 2.75) is 30.5 Å². The molecule has 26 heavy (non-hydrogen) atoms. The predicted molar refractivity (Wildman–Crippen MR) is 96.3 cm³/mol. The number of aromatic amines is 1. The Bertz CT molecular complexity index is 929. The molecule has 2 aliphatic rings. The molecule has 1 fully saturated rings. The number of sulfonamides is 1. The lowest BCUT2D eigenvalue weighted by Crippen LogP contribution is -2.38. The molecule has 2 N–H and O–H groups in total. The van der Waals surface area contributed by atoms with Crippen molar-refractivity contribution in [1.82, 2.24) is 29.4 Å². The van der Waals surface area contributed by atoms with Gasteiger partial charge in [-0.2, -0.15) is 21.2 Å². The number of imidazole rings is 1. The van der Waals surface area contributed by atoms with E-state index in [4.69, 9.17) is 0 Å². The number of rotatable bonds is 4. The molecule has 9 nitrogen and oxygen atoms in total. The molecule has 2 aromatic rings. The fourth-order valence-corrected chi connectivity index (χ4v) is 5.77. The Morgan fingerprint density at radius 2 is 2.31 bits per heavy atom. The zero-order valence-corrected chi connectivity index (χ0v) is 15.9. The fourth-order valence-electron chi connectivity index (χ4n) is 3.24. The molecule has 1 atom stereocenters. The first-order valence-corrected chi connectivity index (χ1v) is 11.0. The predicted octanol–water partition coefficient (Wildman–Crippen LogP) is 0.126. The maximum absolute atomic E-state index is 12.7. The molecular formula is C15H20N6O3S2. The summed E-state index contributed by atoms with van der Waals surface area (Å²) < 4.78 is 28.4. The van der Waals surface area contributed by atoms with Gasteiger partial charge in [0.1, 0.15) is 0 Å². The first-order chi connectivity index (χ1) is 12.4. The van der Waals surface area contributed by atoms with Gasteiger partial charge >= 0.3 is 0 Å². The molecule has 4 heterocycles. The van der Waals surface area contributed by atoms with Gasteiger partial charge < -0.3 is 9.88 Å². The molecule has 2 aromatic heterocycles. The van der Waals surface area contributed by atoms with Crippen molar-refractivity contribution in [1.29, 1.82) is 0 Å². The van der Waals surface area contributed by atoms with Gasteiger partial charge in [-0.15, -0.1) is 0 Å². The largest absolute Gasteiger partial charge is 0.347 e. The third kappa shape index (κ3) is 3.14. The van der Waals surface area contributed by atoms with Crippen LogP contribution >= 0.6 is 11.8 Å². The van der Waals surface area contributed by atoms with Gasteiger partial charge in [0.15, 0.2) is 10.7 Å². The van der Waals surface area contributed by atoms with Crippen LogP contribution < -0.4 is 5.32 Å². The SMILES string of the molecule is Cn1cnc(S(=O)(=O)N2CCc3c(C(=O)NC4CCSC4)n[nH]c3C2)c1. The summed E-state index contributed by atoms with van der Waals surface area (Å²) in [5.74, 6) is 1.80. The number of nitrogens with one attached hydrogen (secondary N) is 2. The number of carbonyl (C=O) groups is 1. The normalized spacial score (nSPS) is 20.9. The van der Waals surface area contributed by atoms with E-state index in [9.17, 15) is 13.2 Å². The van der Waals surface area contributed by atoms with Crippen LogP contribution in [0.3, 0.4) is 0 Å². The van der Waals surface area contributed by atoms with Gasteiger partial charge in [-0.05, 0) is 18.6 Å². The van der Waals surface area contributed by atoms with Crippen molar-refractivity contribution in [3.8, 4) is 0 Å². The van der Waals surface area contributed by atoms with Crippen LogP contribution in [0.4, 0.5) is 0 Å². The molecule has 140 valence electrons. The Balaban J connectivity index is 1.51. The van der Waals surface area contributed by atoms with E-state index in [1.807, 2.05) is 11.8 Å². The maximum atomic E-state index is 12.7. The highest BCUT2D eigenvalue weighted by atomic mass is 32.2. The average Bonchev–Trinajstić information content (AvgIpc) is 3.34. The number of aromatic nitrogens is 4. The molecule has 1 saturated heterocycles. The van der Waals surface area contributed by atoms with Crippen LogP contribution in [-0.2, 0) is 30.0 Å². The molecule has 2 aliphatic heterocycles. The van der Waals surface area contributed by atoms with Crippen molar-refractivity contribution < 1.29 is 13.2 Å². The van der Waals surface area contributed by atoms with Gasteiger partial charge in [0.25, 0.3) is 15.9 Å². The molecule has 4 rings (SSSR count). The summed E-state index contributed by atoms with van der Waals surface area (Å²) in [6, 6.07) is 0.185. The van der Waals surface area contributed by atoms with Crippen LogP contribution in [0.2, 0.25) is 0 Å². The number of carbonyl (C=O) groups excluding carboxylic acids is 1. The summed E-state index contributed by atoms with van der Waals surface area (Å²) in [4.78, 5) is 16.4. The van der Waals surface area contributed by atoms with E-state index < -0.39 is 10.0 Å². The van der Waals surface area contributed by atoms with Crippen LogP contribution in [0.25, 0.3) is 0 Å². The van der Waals surface area contributed by atoms with Gasteiger partial charge in [-0.25, -0.2) is 13.4 Å². The molecular weight excluding hydrogens is 376 g/mol. The monoisotopic (exact) mass is 396 g/mol. The minimum atomic E-state index is -3.66. The summed E-state index contributed by atoms with van der Waals surface area (Å²) in [7, 11) is -1.94. The van der Waals surface area contributed by atoms with Crippen LogP contribution in [0.5, 0.6) is 0 Å². The summed E-state index contributed by atoms with van der Waals surface area (Å²) in [6.45, 7) is 0.457. The summed E-state index contributed by atoms with van der Waals surface area (Å²) in [5.41, 5.74) is 1.86. The van der Waals surface area contributed by atoms with Crippen molar-refractivity contribution >= 4 is 27.7 Å². The van der Waals surface area contributed by atoms with E-state index in [1.165, 1.54) is 16.8 Å². The van der Waals surface area contributed by atoms with Gasteiger partial charge in [-0.1, -0.05) is 0 Å². The second kappa shape index (κ2) is 6.71. The van der Waals surface area contributed by atoms with Crippen molar-refractivity contribution in [2.24, 2.45) is 7.05 Å². The second-order valence-electron chi connectivity index (χ2n) is 6.53. The smallest absolute Gasteiger partial charge is 0.272 e. The molecule has 0 radical (unpaired) electrons. The standard InChI is InChI=1S/C15H20N6O3S2/c1-20-7-13(16-9-20)26(23,24)21-4-2-11-12(6-21)18-19-14(11)15(22)17-10-3-5-25-8-10/h7,9-10H,2-6,8H2,1H3,(H,17,22)(H,18,19). The molecule has 1 amide bonds. The van der Waals surface area contributed by atoms with Gasteiger partial charge in [0.2, 0.25) is 0 Å². The molecule has 11 heteroatoms. The summed E-state index contributed by atoms with van der Waals surface area (Å²) >= 11 is 1.83.